The van der Waals surface area contributed by atoms with E-state index in [1.807, 2.05) is 18.2 Å². The SMILES string of the molecule is C=CC[C@@]1(O)CC[C@H]2[C@@H]3CCc4cc(O)ccc4[C@H]3CC[C@@]21C. The highest BCUT2D eigenvalue weighted by molar-refractivity contribution is 5.40. The first-order chi connectivity index (χ1) is 11.0. The number of hydrogen-bond donors (Lipinski definition) is 2. The lowest BCUT2D eigenvalue weighted by molar-refractivity contribution is -0.100. The molecule has 0 aromatic heterocycles. The second-order valence-corrected chi connectivity index (χ2v) is 8.32. The molecule has 1 aromatic carbocycles. The van der Waals surface area contributed by atoms with Gasteiger partial charge < -0.3 is 10.2 Å². The van der Waals surface area contributed by atoms with Crippen molar-refractivity contribution in [1.29, 1.82) is 0 Å². The molecule has 0 saturated heterocycles. The van der Waals surface area contributed by atoms with E-state index in [2.05, 4.69) is 19.6 Å². The summed E-state index contributed by atoms with van der Waals surface area (Å²) in [5, 5.41) is 21.0. The van der Waals surface area contributed by atoms with Crippen LogP contribution in [0.15, 0.2) is 30.9 Å². The van der Waals surface area contributed by atoms with Crippen molar-refractivity contribution in [3.8, 4) is 5.75 Å². The maximum atomic E-state index is 11.3. The van der Waals surface area contributed by atoms with Crippen LogP contribution in [0, 0.1) is 17.3 Å². The van der Waals surface area contributed by atoms with Crippen molar-refractivity contribution in [3.05, 3.63) is 42.0 Å². The number of hydrogen-bond acceptors (Lipinski definition) is 2. The van der Waals surface area contributed by atoms with E-state index in [1.54, 1.807) is 0 Å². The third-order valence-corrected chi connectivity index (χ3v) is 7.51. The predicted molar refractivity (Wildman–Crippen MR) is 92.5 cm³/mol. The maximum absolute atomic E-state index is 11.3. The highest BCUT2D eigenvalue weighted by atomic mass is 16.3. The Labute approximate surface area is 139 Å². The summed E-state index contributed by atoms with van der Waals surface area (Å²) in [6, 6.07) is 5.95. The molecule has 2 heteroatoms. The Morgan fingerprint density at radius 1 is 1.26 bits per heavy atom. The zero-order valence-electron chi connectivity index (χ0n) is 14.1. The van der Waals surface area contributed by atoms with Gasteiger partial charge in [0.2, 0.25) is 0 Å². The average Bonchev–Trinajstić information content (AvgIpc) is 2.79. The first-order valence-electron chi connectivity index (χ1n) is 9.13. The van der Waals surface area contributed by atoms with Crippen molar-refractivity contribution in [3.63, 3.8) is 0 Å². The molecule has 5 atom stereocenters. The summed E-state index contributed by atoms with van der Waals surface area (Å²) in [6.07, 6.45) is 9.23. The van der Waals surface area contributed by atoms with Crippen LogP contribution in [0.3, 0.4) is 0 Å². The molecule has 0 aliphatic heterocycles. The van der Waals surface area contributed by atoms with E-state index in [0.717, 1.165) is 38.5 Å². The van der Waals surface area contributed by atoms with Crippen molar-refractivity contribution in [2.75, 3.05) is 0 Å². The second-order valence-electron chi connectivity index (χ2n) is 8.32. The van der Waals surface area contributed by atoms with Gasteiger partial charge in [-0.3, -0.25) is 0 Å². The van der Waals surface area contributed by atoms with Crippen LogP contribution in [0.5, 0.6) is 5.75 Å². The van der Waals surface area contributed by atoms with E-state index in [0.29, 0.717) is 23.5 Å². The molecule has 124 valence electrons. The van der Waals surface area contributed by atoms with Gasteiger partial charge in [0.25, 0.3) is 0 Å². The zero-order valence-corrected chi connectivity index (χ0v) is 14.1. The van der Waals surface area contributed by atoms with Crippen LogP contribution < -0.4 is 0 Å². The summed E-state index contributed by atoms with van der Waals surface area (Å²) < 4.78 is 0. The normalized spacial score (nSPS) is 41.7. The molecule has 3 aliphatic carbocycles. The van der Waals surface area contributed by atoms with Crippen molar-refractivity contribution < 1.29 is 10.2 Å². The van der Waals surface area contributed by atoms with Crippen LogP contribution in [0.1, 0.15) is 62.5 Å². The number of fused-ring (bicyclic) bond motifs is 5. The maximum Gasteiger partial charge on any atom is 0.115 e. The Kier molecular flexibility index (Phi) is 3.39. The summed E-state index contributed by atoms with van der Waals surface area (Å²) in [5.41, 5.74) is 2.28. The number of aromatic hydroxyl groups is 1. The lowest BCUT2D eigenvalue weighted by Crippen LogP contribution is -2.50. The molecule has 0 spiro atoms. The average molecular weight is 312 g/mol. The van der Waals surface area contributed by atoms with Gasteiger partial charge in [-0.2, -0.15) is 0 Å². The molecule has 0 bridgehead atoms. The lowest BCUT2D eigenvalue weighted by Gasteiger charge is -2.53. The monoisotopic (exact) mass is 312 g/mol. The van der Waals surface area contributed by atoms with Crippen LogP contribution in [0.25, 0.3) is 0 Å². The summed E-state index contributed by atoms with van der Waals surface area (Å²) in [4.78, 5) is 0. The topological polar surface area (TPSA) is 40.5 Å². The van der Waals surface area contributed by atoms with E-state index >= 15 is 0 Å². The van der Waals surface area contributed by atoms with Gasteiger partial charge in [-0.1, -0.05) is 19.1 Å². The molecule has 4 rings (SSSR count). The minimum atomic E-state index is -0.556. The van der Waals surface area contributed by atoms with Gasteiger partial charge >= 0.3 is 0 Å². The van der Waals surface area contributed by atoms with Gasteiger partial charge in [-0.25, -0.2) is 0 Å². The Morgan fingerprint density at radius 2 is 2.09 bits per heavy atom. The summed E-state index contributed by atoms with van der Waals surface area (Å²) >= 11 is 0. The molecule has 2 N–H and O–H groups in total. The number of phenols is 1. The van der Waals surface area contributed by atoms with Crippen LogP contribution >= 0.6 is 0 Å². The van der Waals surface area contributed by atoms with Gasteiger partial charge in [0, 0.05) is 0 Å². The molecule has 0 radical (unpaired) electrons. The van der Waals surface area contributed by atoms with Crippen molar-refractivity contribution >= 4 is 0 Å². The molecule has 1 aromatic rings. The Hall–Kier alpha value is -1.28. The molecule has 23 heavy (non-hydrogen) atoms. The molecule has 2 nitrogen and oxygen atoms in total. The first-order valence-corrected chi connectivity index (χ1v) is 9.13. The summed E-state index contributed by atoms with van der Waals surface area (Å²) in [6.45, 7) is 6.20. The zero-order chi connectivity index (χ0) is 16.2. The van der Waals surface area contributed by atoms with Gasteiger partial charge in [0.05, 0.1) is 5.60 Å². The number of rotatable bonds is 2. The van der Waals surface area contributed by atoms with Gasteiger partial charge in [-0.15, -0.1) is 6.58 Å². The van der Waals surface area contributed by atoms with Gasteiger partial charge in [0.1, 0.15) is 5.75 Å². The molecular weight excluding hydrogens is 284 g/mol. The summed E-state index contributed by atoms with van der Waals surface area (Å²) in [7, 11) is 0. The van der Waals surface area contributed by atoms with Crippen LogP contribution in [0.4, 0.5) is 0 Å². The Balaban J connectivity index is 1.68. The first kappa shape index (κ1) is 15.3. The number of aryl methyl sites for hydroxylation is 1. The minimum Gasteiger partial charge on any atom is -0.508 e. The van der Waals surface area contributed by atoms with Crippen molar-refractivity contribution in [2.24, 2.45) is 17.3 Å². The number of benzene rings is 1. The van der Waals surface area contributed by atoms with Crippen LogP contribution in [-0.4, -0.2) is 15.8 Å². The minimum absolute atomic E-state index is 0.0385. The molecule has 0 unspecified atom stereocenters. The van der Waals surface area contributed by atoms with E-state index in [9.17, 15) is 10.2 Å². The quantitative estimate of drug-likeness (QED) is 0.786. The van der Waals surface area contributed by atoms with Crippen molar-refractivity contribution in [1.82, 2.24) is 0 Å². The smallest absolute Gasteiger partial charge is 0.115 e. The Bertz CT molecular complexity index is 637. The fourth-order valence-corrected chi connectivity index (χ4v) is 6.25. The largest absolute Gasteiger partial charge is 0.508 e. The highest BCUT2D eigenvalue weighted by Gasteiger charge is 2.60. The third-order valence-electron chi connectivity index (χ3n) is 7.51. The lowest BCUT2D eigenvalue weighted by atomic mass is 9.53. The molecule has 2 fully saturated rings. The molecule has 0 heterocycles. The van der Waals surface area contributed by atoms with Crippen LogP contribution in [-0.2, 0) is 6.42 Å². The number of phenolic OH excluding ortho intramolecular Hbond substituents is 1. The third kappa shape index (κ3) is 2.04. The summed E-state index contributed by atoms with van der Waals surface area (Å²) in [5.74, 6) is 2.31. The molecule has 2 saturated carbocycles. The van der Waals surface area contributed by atoms with Gasteiger partial charge in [0.15, 0.2) is 0 Å². The molecular formula is C21H28O2. The van der Waals surface area contributed by atoms with Crippen molar-refractivity contribution in [2.45, 2.75) is 63.4 Å². The second kappa shape index (κ2) is 5.11. The van der Waals surface area contributed by atoms with E-state index in [4.69, 9.17) is 0 Å². The fraction of sp³-hybridized carbons (Fsp3) is 0.619. The van der Waals surface area contributed by atoms with E-state index in [-0.39, 0.29) is 5.41 Å². The standard InChI is InChI=1S/C21H28O2/c1-3-10-21(23)12-9-19-18-6-4-14-13-15(22)5-7-16(14)17(18)8-11-20(19,21)2/h3,5,7,13,17-19,22-23H,1,4,6,8-12H2,2H3/t17-,18-,19+,20+,21-/m1/s1. The van der Waals surface area contributed by atoms with E-state index < -0.39 is 5.60 Å². The van der Waals surface area contributed by atoms with E-state index in [1.165, 1.54) is 17.5 Å². The van der Waals surface area contributed by atoms with Crippen LogP contribution in [0.2, 0.25) is 0 Å². The highest BCUT2D eigenvalue weighted by Crippen LogP contribution is 2.65. The fourth-order valence-electron chi connectivity index (χ4n) is 6.25. The number of aliphatic hydroxyl groups is 1. The molecule has 3 aliphatic rings. The molecule has 0 amide bonds. The Morgan fingerprint density at radius 3 is 2.87 bits per heavy atom. The predicted octanol–water partition coefficient (Wildman–Crippen LogP) is 4.56. The van der Waals surface area contributed by atoms with Gasteiger partial charge in [-0.05, 0) is 91.4 Å².